The number of aryl methyl sites for hydroxylation is 1. The van der Waals surface area contributed by atoms with Gasteiger partial charge in [-0.15, -0.1) is 0 Å². The predicted molar refractivity (Wildman–Crippen MR) is 99.6 cm³/mol. The molecule has 2 aromatic rings. The Hall–Kier alpha value is -2.68. The minimum atomic E-state index is -5.37. The van der Waals surface area contributed by atoms with Crippen molar-refractivity contribution in [1.29, 1.82) is 0 Å². The Balaban J connectivity index is 2.77. The lowest BCUT2D eigenvalue weighted by Gasteiger charge is -2.33. The maximum Gasteiger partial charge on any atom is 0.426 e. The van der Waals surface area contributed by atoms with Crippen molar-refractivity contribution in [3.05, 3.63) is 58.7 Å². The van der Waals surface area contributed by atoms with Crippen LogP contribution in [-0.2, 0) is 5.60 Å². The van der Waals surface area contributed by atoms with Gasteiger partial charge >= 0.3 is 6.18 Å². The summed E-state index contributed by atoms with van der Waals surface area (Å²) in [4.78, 5) is 5.94. The van der Waals surface area contributed by atoms with E-state index in [1.807, 2.05) is 6.92 Å². The average molecular weight is 416 g/mol. The second-order valence-electron chi connectivity index (χ2n) is 6.47. The Morgan fingerprint density at radius 3 is 2.38 bits per heavy atom. The highest BCUT2D eigenvalue weighted by atomic mass is 19.4. The lowest BCUT2D eigenvalue weighted by atomic mass is 9.83. The normalized spacial score (nSPS) is 14.1. The van der Waals surface area contributed by atoms with Gasteiger partial charge in [0, 0.05) is 30.8 Å². The molecular formula is C20H21F5N2O2. The SMILES string of the molecule is CCN(C)/C=N/c1cc(OC)c(C(O)(c2cccc(F)c2F)C(F)(F)F)cc1C. The molecule has 158 valence electrons. The molecule has 1 N–H and O–H groups in total. The number of nitrogens with zero attached hydrogens (tertiary/aromatic N) is 2. The van der Waals surface area contributed by atoms with Crippen LogP contribution in [0.15, 0.2) is 35.3 Å². The van der Waals surface area contributed by atoms with Crippen LogP contribution in [0.25, 0.3) is 0 Å². The summed E-state index contributed by atoms with van der Waals surface area (Å²) in [6.45, 7) is 4.03. The lowest BCUT2D eigenvalue weighted by Crippen LogP contribution is -2.44. The van der Waals surface area contributed by atoms with Gasteiger partial charge in [0.15, 0.2) is 11.6 Å². The van der Waals surface area contributed by atoms with Crippen LogP contribution < -0.4 is 4.74 Å². The second kappa shape index (κ2) is 8.36. The summed E-state index contributed by atoms with van der Waals surface area (Å²) in [7, 11) is 2.87. The van der Waals surface area contributed by atoms with Gasteiger partial charge in [-0.05, 0) is 31.5 Å². The number of aliphatic hydroxyl groups is 1. The van der Waals surface area contributed by atoms with Crippen molar-refractivity contribution < 1.29 is 31.8 Å². The van der Waals surface area contributed by atoms with Crippen LogP contribution in [0.2, 0.25) is 0 Å². The summed E-state index contributed by atoms with van der Waals surface area (Å²) >= 11 is 0. The van der Waals surface area contributed by atoms with Gasteiger partial charge in [0.1, 0.15) is 5.75 Å². The van der Waals surface area contributed by atoms with Crippen LogP contribution >= 0.6 is 0 Å². The van der Waals surface area contributed by atoms with Gasteiger partial charge in [0.2, 0.25) is 5.60 Å². The zero-order chi connectivity index (χ0) is 22.0. The molecule has 1 unspecified atom stereocenters. The Morgan fingerprint density at radius 1 is 1.17 bits per heavy atom. The quantitative estimate of drug-likeness (QED) is 0.422. The highest BCUT2D eigenvalue weighted by Gasteiger charge is 2.59. The minimum absolute atomic E-state index is 0.279. The van der Waals surface area contributed by atoms with Gasteiger partial charge in [-0.25, -0.2) is 13.8 Å². The zero-order valence-electron chi connectivity index (χ0n) is 16.3. The molecule has 0 aliphatic rings. The molecule has 4 nitrogen and oxygen atoms in total. The second-order valence-corrected chi connectivity index (χ2v) is 6.47. The number of hydrogen-bond acceptors (Lipinski definition) is 3. The third kappa shape index (κ3) is 4.19. The Kier molecular flexibility index (Phi) is 6.52. The average Bonchev–Trinajstić information content (AvgIpc) is 2.67. The molecule has 0 heterocycles. The third-order valence-electron chi connectivity index (χ3n) is 4.55. The summed E-state index contributed by atoms with van der Waals surface area (Å²) in [5.41, 5.74) is -5.28. The van der Waals surface area contributed by atoms with Crippen molar-refractivity contribution >= 4 is 12.0 Å². The van der Waals surface area contributed by atoms with E-state index in [9.17, 15) is 27.1 Å². The van der Waals surface area contributed by atoms with E-state index in [0.717, 1.165) is 19.2 Å². The van der Waals surface area contributed by atoms with Gasteiger partial charge < -0.3 is 14.7 Å². The fourth-order valence-electron chi connectivity index (χ4n) is 2.74. The van der Waals surface area contributed by atoms with Crippen molar-refractivity contribution in [3.8, 4) is 5.75 Å². The van der Waals surface area contributed by atoms with Gasteiger partial charge in [-0.3, -0.25) is 0 Å². The molecule has 0 fully saturated rings. The molecule has 9 heteroatoms. The molecule has 2 aromatic carbocycles. The number of methoxy groups -OCH3 is 1. The molecule has 0 aromatic heterocycles. The Bertz CT molecular complexity index is 914. The standard InChI is InChI=1S/C20H21F5N2O2/c1-5-27(3)11-26-16-10-17(29-4)14(9-12(16)2)19(28,20(23,24)25)13-7-6-8-15(21)18(13)22/h6-11,28H,5H2,1-4H3/b26-11+. The van der Waals surface area contributed by atoms with E-state index in [1.165, 1.54) is 19.3 Å². The first-order chi connectivity index (χ1) is 13.5. The van der Waals surface area contributed by atoms with Crippen molar-refractivity contribution in [2.75, 3.05) is 20.7 Å². The third-order valence-corrected chi connectivity index (χ3v) is 4.55. The molecule has 0 saturated carbocycles. The molecule has 0 saturated heterocycles. The van der Waals surface area contributed by atoms with Gasteiger partial charge in [-0.1, -0.05) is 12.1 Å². The molecule has 0 amide bonds. The summed E-state index contributed by atoms with van der Waals surface area (Å²) in [6.07, 6.45) is -3.88. The van der Waals surface area contributed by atoms with E-state index in [4.69, 9.17) is 4.74 Å². The van der Waals surface area contributed by atoms with Crippen LogP contribution in [0.5, 0.6) is 5.75 Å². The van der Waals surface area contributed by atoms with Gasteiger partial charge in [-0.2, -0.15) is 13.2 Å². The topological polar surface area (TPSA) is 45.1 Å². The fourth-order valence-corrected chi connectivity index (χ4v) is 2.74. The Labute approximate surface area is 165 Å². The van der Waals surface area contributed by atoms with Crippen LogP contribution in [-0.4, -0.2) is 43.2 Å². The first kappa shape index (κ1) is 22.6. The molecule has 0 radical (unpaired) electrons. The van der Waals surface area contributed by atoms with Crippen LogP contribution in [0, 0.1) is 18.6 Å². The number of benzene rings is 2. The van der Waals surface area contributed by atoms with Crippen LogP contribution in [0.4, 0.5) is 27.6 Å². The molecule has 29 heavy (non-hydrogen) atoms. The molecule has 1 atom stereocenters. The van der Waals surface area contributed by atoms with E-state index in [2.05, 4.69) is 4.99 Å². The maximum atomic E-state index is 14.3. The summed E-state index contributed by atoms with van der Waals surface area (Å²) in [5, 5.41) is 10.7. The van der Waals surface area contributed by atoms with Crippen LogP contribution in [0.1, 0.15) is 23.6 Å². The summed E-state index contributed by atoms with van der Waals surface area (Å²) in [6, 6.07) is 4.46. The molecule has 2 rings (SSSR count). The molecule has 0 aliphatic heterocycles. The Morgan fingerprint density at radius 2 is 1.83 bits per heavy atom. The molecule has 0 spiro atoms. The molecule has 0 bridgehead atoms. The van der Waals surface area contributed by atoms with Crippen molar-refractivity contribution in [3.63, 3.8) is 0 Å². The van der Waals surface area contributed by atoms with Crippen molar-refractivity contribution in [2.45, 2.75) is 25.6 Å². The summed E-state index contributed by atoms with van der Waals surface area (Å²) < 4.78 is 75.0. The van der Waals surface area contributed by atoms with E-state index >= 15 is 0 Å². The maximum absolute atomic E-state index is 14.3. The smallest absolute Gasteiger partial charge is 0.426 e. The highest BCUT2D eigenvalue weighted by molar-refractivity contribution is 5.66. The summed E-state index contributed by atoms with van der Waals surface area (Å²) in [5.74, 6) is -3.67. The first-order valence-corrected chi connectivity index (χ1v) is 8.64. The number of aliphatic imine (C=N–C) groups is 1. The number of hydrogen-bond donors (Lipinski definition) is 1. The van der Waals surface area contributed by atoms with Crippen molar-refractivity contribution in [2.24, 2.45) is 4.99 Å². The largest absolute Gasteiger partial charge is 0.496 e. The lowest BCUT2D eigenvalue weighted by molar-refractivity contribution is -0.249. The number of halogens is 5. The van der Waals surface area contributed by atoms with Gasteiger partial charge in [0.05, 0.1) is 19.1 Å². The highest BCUT2D eigenvalue weighted by Crippen LogP contribution is 2.49. The number of ether oxygens (including phenoxy) is 1. The fraction of sp³-hybridized carbons (Fsp3) is 0.350. The number of alkyl halides is 3. The van der Waals surface area contributed by atoms with Gasteiger partial charge in [0.25, 0.3) is 0 Å². The van der Waals surface area contributed by atoms with E-state index in [-0.39, 0.29) is 11.3 Å². The van der Waals surface area contributed by atoms with E-state index < -0.39 is 34.5 Å². The molecular weight excluding hydrogens is 395 g/mol. The minimum Gasteiger partial charge on any atom is -0.496 e. The van der Waals surface area contributed by atoms with E-state index in [0.29, 0.717) is 24.4 Å². The zero-order valence-corrected chi connectivity index (χ0v) is 16.3. The number of rotatable bonds is 6. The monoisotopic (exact) mass is 416 g/mol. The first-order valence-electron chi connectivity index (χ1n) is 8.64. The van der Waals surface area contributed by atoms with E-state index in [1.54, 1.807) is 11.9 Å². The van der Waals surface area contributed by atoms with Crippen molar-refractivity contribution in [1.82, 2.24) is 4.90 Å². The van der Waals surface area contributed by atoms with Crippen LogP contribution in [0.3, 0.4) is 0 Å². The molecule has 0 aliphatic carbocycles. The predicted octanol–water partition coefficient (Wildman–Crippen LogP) is 4.69.